The number of carbonyl (C=O) groups excluding carboxylic acids is 1. The minimum Gasteiger partial charge on any atom is -0.364 e. The number of rotatable bonds is 3. The maximum Gasteiger partial charge on any atom is 0.254 e. The lowest BCUT2D eigenvalue weighted by molar-refractivity contribution is 0.0963. The van der Waals surface area contributed by atoms with Crippen LogP contribution in [0.5, 0.6) is 0 Å². The van der Waals surface area contributed by atoms with Crippen molar-refractivity contribution in [2.24, 2.45) is 0 Å². The fourth-order valence-electron chi connectivity index (χ4n) is 3.28. The molecule has 0 saturated carbocycles. The van der Waals surface area contributed by atoms with E-state index in [9.17, 15) is 9.18 Å². The first-order valence-corrected chi connectivity index (χ1v) is 8.87. The highest BCUT2D eigenvalue weighted by atomic mass is 35.5. The Morgan fingerprint density at radius 2 is 2.07 bits per heavy atom. The summed E-state index contributed by atoms with van der Waals surface area (Å²) >= 11 is 6.01. The molecule has 0 unspecified atom stereocenters. The average molecular weight is 402 g/mol. The van der Waals surface area contributed by atoms with Gasteiger partial charge in [-0.3, -0.25) is 4.79 Å². The number of amides is 1. The van der Waals surface area contributed by atoms with Gasteiger partial charge in [-0.25, -0.2) is 19.0 Å². The van der Waals surface area contributed by atoms with Gasteiger partial charge >= 0.3 is 0 Å². The van der Waals surface area contributed by atoms with Crippen molar-refractivity contribution in [2.75, 3.05) is 24.3 Å². The number of nitrogens with zero attached hydrogens (tertiary/aromatic N) is 5. The zero-order chi connectivity index (χ0) is 20.0. The number of aromatic nitrogens is 4. The highest BCUT2D eigenvalue weighted by Crippen LogP contribution is 2.39. The summed E-state index contributed by atoms with van der Waals surface area (Å²) in [7, 11) is 3.40. The molecule has 0 spiro atoms. The van der Waals surface area contributed by atoms with Gasteiger partial charge in [0.15, 0.2) is 5.82 Å². The van der Waals surface area contributed by atoms with Crippen molar-refractivity contribution in [1.82, 2.24) is 25.1 Å². The van der Waals surface area contributed by atoms with Crippen molar-refractivity contribution < 1.29 is 9.18 Å². The molecule has 1 amide bonds. The van der Waals surface area contributed by atoms with Crippen molar-refractivity contribution in [1.29, 1.82) is 0 Å². The van der Waals surface area contributed by atoms with E-state index in [0.29, 0.717) is 35.0 Å². The Hall–Kier alpha value is -3.20. The van der Waals surface area contributed by atoms with Gasteiger partial charge in [0.05, 0.1) is 34.9 Å². The van der Waals surface area contributed by atoms with Gasteiger partial charge in [0.1, 0.15) is 16.8 Å². The van der Waals surface area contributed by atoms with Crippen LogP contribution in [0.15, 0.2) is 24.4 Å². The van der Waals surface area contributed by atoms with Crippen LogP contribution in [0, 0.1) is 12.7 Å². The number of hydrogen-bond acceptors (Lipinski definition) is 6. The molecule has 28 heavy (non-hydrogen) atoms. The Labute approximate surface area is 165 Å². The van der Waals surface area contributed by atoms with Crippen LogP contribution in [0.1, 0.15) is 22.0 Å². The topological polar surface area (TPSA) is 88.0 Å². The Kier molecular flexibility index (Phi) is 4.38. The summed E-state index contributed by atoms with van der Waals surface area (Å²) in [6, 6.07) is 4.30. The van der Waals surface area contributed by atoms with Gasteiger partial charge < -0.3 is 15.5 Å². The predicted molar refractivity (Wildman–Crippen MR) is 104 cm³/mol. The molecule has 0 atom stereocenters. The maximum absolute atomic E-state index is 14.5. The number of hydrogen-bond donors (Lipinski definition) is 2. The van der Waals surface area contributed by atoms with Crippen LogP contribution in [0.4, 0.5) is 21.5 Å². The van der Waals surface area contributed by atoms with Crippen molar-refractivity contribution in [3.63, 3.8) is 0 Å². The number of carbonyl (C=O) groups is 1. The standard InChI is InChI=1S/C18H17ClFN7O/c1-9-23-16-8-26(3)17-13(4-10(20)5-14(17)27(16)25-9)24-12-6-15(19)22-7-11(12)18(28)21-2/h4-7H,8H2,1-3H3,(H,21,28)(H,22,24). The maximum atomic E-state index is 14.5. The van der Waals surface area contributed by atoms with Gasteiger partial charge in [-0.2, -0.15) is 5.10 Å². The second kappa shape index (κ2) is 6.75. The second-order valence-electron chi connectivity index (χ2n) is 6.42. The Morgan fingerprint density at radius 1 is 1.29 bits per heavy atom. The minimum absolute atomic E-state index is 0.211. The molecule has 1 aliphatic heterocycles. The predicted octanol–water partition coefficient (Wildman–Crippen LogP) is 2.82. The summed E-state index contributed by atoms with van der Waals surface area (Å²) in [6.07, 6.45) is 1.37. The SMILES string of the molecule is CNC(=O)c1cnc(Cl)cc1Nc1cc(F)cc2c1N(C)Cc1nc(C)nn1-2. The molecule has 10 heteroatoms. The number of fused-ring (bicyclic) bond motifs is 3. The molecule has 4 rings (SSSR count). The molecule has 0 bridgehead atoms. The van der Waals surface area contributed by atoms with Crippen molar-refractivity contribution >= 4 is 34.6 Å². The molecule has 0 saturated heterocycles. The van der Waals surface area contributed by atoms with Gasteiger partial charge in [-0.05, 0) is 19.1 Å². The van der Waals surface area contributed by atoms with E-state index in [4.69, 9.17) is 11.6 Å². The van der Waals surface area contributed by atoms with Crippen molar-refractivity contribution in [2.45, 2.75) is 13.5 Å². The lowest BCUT2D eigenvalue weighted by atomic mass is 10.1. The summed E-state index contributed by atoms with van der Waals surface area (Å²) < 4.78 is 16.1. The van der Waals surface area contributed by atoms with Gasteiger partial charge in [-0.1, -0.05) is 11.6 Å². The van der Waals surface area contributed by atoms with Crippen LogP contribution in [0.25, 0.3) is 5.69 Å². The largest absolute Gasteiger partial charge is 0.364 e. The number of anilines is 3. The summed E-state index contributed by atoms with van der Waals surface area (Å²) in [4.78, 5) is 22.5. The number of aryl methyl sites for hydroxylation is 1. The lowest BCUT2D eigenvalue weighted by Crippen LogP contribution is -2.27. The Bertz CT molecular complexity index is 1100. The van der Waals surface area contributed by atoms with Crippen LogP contribution in [0.2, 0.25) is 5.15 Å². The van der Waals surface area contributed by atoms with E-state index in [-0.39, 0.29) is 11.1 Å². The fraction of sp³-hybridized carbons (Fsp3) is 0.222. The molecule has 2 aromatic heterocycles. The summed E-state index contributed by atoms with van der Waals surface area (Å²) in [5, 5.41) is 10.3. The normalized spacial score (nSPS) is 12.4. The van der Waals surface area contributed by atoms with Gasteiger partial charge in [0.25, 0.3) is 5.91 Å². The molecular weight excluding hydrogens is 385 g/mol. The van der Waals surface area contributed by atoms with Crippen molar-refractivity contribution in [3.8, 4) is 5.69 Å². The molecule has 1 aromatic carbocycles. The second-order valence-corrected chi connectivity index (χ2v) is 6.81. The van der Waals surface area contributed by atoms with E-state index in [2.05, 4.69) is 25.7 Å². The Balaban J connectivity index is 1.87. The van der Waals surface area contributed by atoms with E-state index >= 15 is 0 Å². The van der Waals surface area contributed by atoms with Crippen LogP contribution < -0.4 is 15.5 Å². The first-order valence-electron chi connectivity index (χ1n) is 8.49. The van der Waals surface area contributed by atoms with E-state index in [0.717, 1.165) is 11.5 Å². The smallest absolute Gasteiger partial charge is 0.254 e. The van der Waals surface area contributed by atoms with Gasteiger partial charge in [0.2, 0.25) is 0 Å². The summed E-state index contributed by atoms with van der Waals surface area (Å²) in [6.45, 7) is 2.30. The lowest BCUT2D eigenvalue weighted by Gasteiger charge is -2.30. The fourth-order valence-corrected chi connectivity index (χ4v) is 3.44. The van der Waals surface area contributed by atoms with Gasteiger partial charge in [0, 0.05) is 26.4 Å². The highest BCUT2D eigenvalue weighted by molar-refractivity contribution is 6.29. The van der Waals surface area contributed by atoms with E-state index < -0.39 is 5.82 Å². The molecule has 8 nitrogen and oxygen atoms in total. The number of nitrogens with one attached hydrogen (secondary N) is 2. The summed E-state index contributed by atoms with van der Waals surface area (Å²) in [5.41, 5.74) is 2.48. The zero-order valence-electron chi connectivity index (χ0n) is 15.4. The Morgan fingerprint density at radius 3 is 2.82 bits per heavy atom. The first kappa shape index (κ1) is 18.2. The third kappa shape index (κ3) is 3.03. The molecule has 2 N–H and O–H groups in total. The third-order valence-corrected chi connectivity index (χ3v) is 4.64. The van der Waals surface area contributed by atoms with Crippen LogP contribution in [-0.4, -0.2) is 39.8 Å². The molecular formula is C18H17ClFN7O. The highest BCUT2D eigenvalue weighted by Gasteiger charge is 2.26. The van der Waals surface area contributed by atoms with Crippen LogP contribution in [0.3, 0.4) is 0 Å². The van der Waals surface area contributed by atoms with Crippen LogP contribution in [-0.2, 0) is 6.54 Å². The quantitative estimate of drug-likeness (QED) is 0.656. The number of benzene rings is 1. The van der Waals surface area contributed by atoms with Crippen molar-refractivity contribution in [3.05, 3.63) is 52.6 Å². The minimum atomic E-state index is -0.447. The van der Waals surface area contributed by atoms with E-state index in [1.165, 1.54) is 31.4 Å². The van der Waals surface area contributed by atoms with E-state index in [1.807, 2.05) is 11.9 Å². The molecule has 3 heterocycles. The first-order chi connectivity index (χ1) is 13.4. The number of pyridine rings is 1. The molecule has 0 aliphatic carbocycles. The molecule has 0 radical (unpaired) electrons. The molecule has 3 aromatic rings. The molecule has 144 valence electrons. The zero-order valence-corrected chi connectivity index (χ0v) is 16.2. The van der Waals surface area contributed by atoms with Gasteiger partial charge in [-0.15, -0.1) is 0 Å². The van der Waals surface area contributed by atoms with E-state index in [1.54, 1.807) is 11.6 Å². The molecule has 1 aliphatic rings. The average Bonchev–Trinajstić information content (AvgIpc) is 3.01. The monoisotopic (exact) mass is 401 g/mol. The third-order valence-electron chi connectivity index (χ3n) is 4.43. The molecule has 0 fully saturated rings. The number of halogens is 2. The summed E-state index contributed by atoms with van der Waals surface area (Å²) in [5.74, 6) is 0.552. The van der Waals surface area contributed by atoms with Crippen LogP contribution >= 0.6 is 11.6 Å².